The van der Waals surface area contributed by atoms with Crippen LogP contribution < -0.4 is 5.56 Å². The van der Waals surface area contributed by atoms with Crippen LogP contribution in [0, 0.1) is 6.92 Å². The third kappa shape index (κ3) is 3.29. The highest BCUT2D eigenvalue weighted by Gasteiger charge is 2.15. The van der Waals surface area contributed by atoms with E-state index in [2.05, 4.69) is 4.98 Å². The lowest BCUT2D eigenvalue weighted by molar-refractivity contribution is 0.0972. The molecular formula is C23H18N2O2. The predicted octanol–water partition coefficient (Wildman–Crippen LogP) is 4.25. The standard InChI is InChI=1S/C23H18N2O2/c1-16-11-13-18(14-12-16)22-23(27)25(20-10-6-5-9-19(20)24-22)15-21(26)17-7-3-2-4-8-17/h2-14H,15H2,1H3. The fourth-order valence-corrected chi connectivity index (χ4v) is 3.11. The summed E-state index contributed by atoms with van der Waals surface area (Å²) < 4.78 is 1.52. The number of fused-ring (bicyclic) bond motifs is 1. The highest BCUT2D eigenvalue weighted by molar-refractivity contribution is 5.96. The second-order valence-electron chi connectivity index (χ2n) is 6.50. The minimum atomic E-state index is -0.262. The Morgan fingerprint density at radius 1 is 0.889 bits per heavy atom. The number of aryl methyl sites for hydroxylation is 1. The molecule has 0 aliphatic carbocycles. The molecule has 4 rings (SSSR count). The fraction of sp³-hybridized carbons (Fsp3) is 0.0870. The van der Waals surface area contributed by atoms with Crippen LogP contribution in [0.3, 0.4) is 0 Å². The number of benzene rings is 3. The van der Waals surface area contributed by atoms with Gasteiger partial charge in [0.15, 0.2) is 5.78 Å². The number of para-hydroxylation sites is 2. The van der Waals surface area contributed by atoms with Crippen LogP contribution in [0.1, 0.15) is 15.9 Å². The first kappa shape index (κ1) is 16.9. The number of nitrogens with zero attached hydrogens (tertiary/aromatic N) is 2. The molecule has 0 saturated carbocycles. The summed E-state index contributed by atoms with van der Waals surface area (Å²) in [5, 5.41) is 0. The van der Waals surface area contributed by atoms with Crippen LogP contribution >= 0.6 is 0 Å². The average Bonchev–Trinajstić information content (AvgIpc) is 2.71. The SMILES string of the molecule is Cc1ccc(-c2nc3ccccc3n(CC(=O)c3ccccc3)c2=O)cc1. The molecule has 0 bridgehead atoms. The van der Waals surface area contributed by atoms with Gasteiger partial charge in [-0.05, 0) is 19.1 Å². The number of carbonyl (C=O) groups is 1. The zero-order valence-electron chi connectivity index (χ0n) is 14.9. The van der Waals surface area contributed by atoms with Gasteiger partial charge in [-0.2, -0.15) is 0 Å². The van der Waals surface area contributed by atoms with E-state index in [1.807, 2.05) is 73.7 Å². The average molecular weight is 354 g/mol. The molecule has 1 aromatic heterocycles. The third-order valence-corrected chi connectivity index (χ3v) is 4.57. The quantitative estimate of drug-likeness (QED) is 0.515. The minimum absolute atomic E-state index is 0.0231. The Morgan fingerprint density at radius 2 is 1.56 bits per heavy atom. The Kier molecular flexibility index (Phi) is 4.38. The predicted molar refractivity (Wildman–Crippen MR) is 107 cm³/mol. The number of Topliss-reactive ketones (excluding diaryl/α,β-unsaturated/α-hetero) is 1. The minimum Gasteiger partial charge on any atom is -0.297 e. The van der Waals surface area contributed by atoms with Gasteiger partial charge in [0.1, 0.15) is 5.69 Å². The maximum Gasteiger partial charge on any atom is 0.278 e. The van der Waals surface area contributed by atoms with Crippen LogP contribution in [0.15, 0.2) is 83.7 Å². The molecule has 0 amide bonds. The maximum atomic E-state index is 13.2. The molecule has 0 aliphatic rings. The zero-order valence-corrected chi connectivity index (χ0v) is 14.9. The summed E-state index contributed by atoms with van der Waals surface area (Å²) in [5.41, 5.74) is 3.88. The van der Waals surface area contributed by atoms with Gasteiger partial charge in [0.2, 0.25) is 0 Å². The molecule has 27 heavy (non-hydrogen) atoms. The van der Waals surface area contributed by atoms with E-state index < -0.39 is 0 Å². The molecule has 0 radical (unpaired) electrons. The lowest BCUT2D eigenvalue weighted by Gasteiger charge is -2.12. The molecule has 0 atom stereocenters. The lowest BCUT2D eigenvalue weighted by atomic mass is 10.1. The van der Waals surface area contributed by atoms with Gasteiger partial charge >= 0.3 is 0 Å². The van der Waals surface area contributed by atoms with Gasteiger partial charge in [0.05, 0.1) is 17.6 Å². The number of rotatable bonds is 4. The van der Waals surface area contributed by atoms with E-state index in [0.717, 1.165) is 11.1 Å². The Balaban J connectivity index is 1.88. The van der Waals surface area contributed by atoms with Gasteiger partial charge in [-0.25, -0.2) is 4.98 Å². The third-order valence-electron chi connectivity index (χ3n) is 4.57. The first-order chi connectivity index (χ1) is 13.1. The Morgan fingerprint density at radius 3 is 2.30 bits per heavy atom. The molecule has 4 heteroatoms. The van der Waals surface area contributed by atoms with Gasteiger partial charge in [-0.1, -0.05) is 72.3 Å². The fourth-order valence-electron chi connectivity index (χ4n) is 3.11. The van der Waals surface area contributed by atoms with Gasteiger partial charge in [0.25, 0.3) is 5.56 Å². The lowest BCUT2D eigenvalue weighted by Crippen LogP contribution is -2.27. The molecule has 4 nitrogen and oxygen atoms in total. The summed E-state index contributed by atoms with van der Waals surface area (Å²) in [6, 6.07) is 24.1. The topological polar surface area (TPSA) is 52.0 Å². The van der Waals surface area contributed by atoms with E-state index in [4.69, 9.17) is 0 Å². The Hall–Kier alpha value is -3.53. The molecule has 0 fully saturated rings. The molecule has 0 unspecified atom stereocenters. The Labute approximate surface area is 156 Å². The van der Waals surface area contributed by atoms with Crippen LogP contribution in [-0.2, 0) is 6.54 Å². The van der Waals surface area contributed by atoms with E-state index in [1.165, 1.54) is 4.57 Å². The van der Waals surface area contributed by atoms with Gasteiger partial charge in [-0.15, -0.1) is 0 Å². The number of hydrogen-bond donors (Lipinski definition) is 0. The molecule has 0 aliphatic heterocycles. The first-order valence-corrected chi connectivity index (χ1v) is 8.78. The summed E-state index contributed by atoms with van der Waals surface area (Å²) in [4.78, 5) is 30.5. The van der Waals surface area contributed by atoms with Crippen LogP contribution in [-0.4, -0.2) is 15.3 Å². The highest BCUT2D eigenvalue weighted by atomic mass is 16.1. The summed E-state index contributed by atoms with van der Waals surface area (Å²) in [6.45, 7) is 1.97. The maximum absolute atomic E-state index is 13.2. The van der Waals surface area contributed by atoms with E-state index >= 15 is 0 Å². The smallest absolute Gasteiger partial charge is 0.278 e. The normalized spacial score (nSPS) is 10.9. The van der Waals surface area contributed by atoms with Crippen molar-refractivity contribution in [2.45, 2.75) is 13.5 Å². The summed E-state index contributed by atoms with van der Waals surface area (Å²) in [7, 11) is 0. The number of carbonyl (C=O) groups excluding carboxylic acids is 1. The van der Waals surface area contributed by atoms with E-state index in [-0.39, 0.29) is 17.9 Å². The first-order valence-electron chi connectivity index (χ1n) is 8.78. The number of hydrogen-bond acceptors (Lipinski definition) is 3. The molecule has 3 aromatic carbocycles. The van der Waals surface area contributed by atoms with Crippen molar-refractivity contribution < 1.29 is 4.79 Å². The van der Waals surface area contributed by atoms with Crippen molar-refractivity contribution in [1.29, 1.82) is 0 Å². The highest BCUT2D eigenvalue weighted by Crippen LogP contribution is 2.18. The summed E-state index contributed by atoms with van der Waals surface area (Å²) >= 11 is 0. The van der Waals surface area contributed by atoms with Crippen molar-refractivity contribution in [1.82, 2.24) is 9.55 Å². The number of aromatic nitrogens is 2. The monoisotopic (exact) mass is 354 g/mol. The zero-order chi connectivity index (χ0) is 18.8. The summed E-state index contributed by atoms with van der Waals surface area (Å²) in [6.07, 6.45) is 0. The molecule has 4 aromatic rings. The van der Waals surface area contributed by atoms with Crippen LogP contribution in [0.2, 0.25) is 0 Å². The largest absolute Gasteiger partial charge is 0.297 e. The van der Waals surface area contributed by atoms with Crippen molar-refractivity contribution in [2.24, 2.45) is 0 Å². The number of ketones is 1. The molecular weight excluding hydrogens is 336 g/mol. The molecule has 0 N–H and O–H groups in total. The molecule has 0 spiro atoms. The molecule has 1 heterocycles. The van der Waals surface area contributed by atoms with Gasteiger partial charge < -0.3 is 0 Å². The van der Waals surface area contributed by atoms with Gasteiger partial charge in [-0.3, -0.25) is 14.2 Å². The van der Waals surface area contributed by atoms with Crippen molar-refractivity contribution in [2.75, 3.05) is 0 Å². The van der Waals surface area contributed by atoms with Crippen molar-refractivity contribution in [3.8, 4) is 11.3 Å². The summed E-state index contributed by atoms with van der Waals surface area (Å²) in [5.74, 6) is -0.107. The Bertz CT molecular complexity index is 1180. The van der Waals surface area contributed by atoms with Crippen LogP contribution in [0.4, 0.5) is 0 Å². The van der Waals surface area contributed by atoms with Crippen molar-refractivity contribution in [3.63, 3.8) is 0 Å². The van der Waals surface area contributed by atoms with Crippen molar-refractivity contribution in [3.05, 3.63) is 100 Å². The van der Waals surface area contributed by atoms with E-state index in [9.17, 15) is 9.59 Å². The van der Waals surface area contributed by atoms with Crippen LogP contribution in [0.5, 0.6) is 0 Å². The van der Waals surface area contributed by atoms with E-state index in [1.54, 1.807) is 12.1 Å². The van der Waals surface area contributed by atoms with Gasteiger partial charge in [0, 0.05) is 11.1 Å². The molecule has 0 saturated heterocycles. The van der Waals surface area contributed by atoms with Crippen molar-refractivity contribution >= 4 is 16.8 Å². The second kappa shape index (κ2) is 7.00. The van der Waals surface area contributed by atoms with Crippen LogP contribution in [0.25, 0.3) is 22.3 Å². The van der Waals surface area contributed by atoms with E-state index in [0.29, 0.717) is 22.3 Å². The second-order valence-corrected chi connectivity index (χ2v) is 6.50. The molecule has 132 valence electrons.